The van der Waals surface area contributed by atoms with Crippen molar-refractivity contribution >= 4 is 5.91 Å². The normalized spacial score (nSPS) is 12.0. The van der Waals surface area contributed by atoms with Crippen molar-refractivity contribution in [3.05, 3.63) is 130 Å². The number of ether oxygens (including phenoxy) is 2. The van der Waals surface area contributed by atoms with Crippen LogP contribution in [0.15, 0.2) is 97.1 Å². The van der Waals surface area contributed by atoms with E-state index in [1.165, 1.54) is 0 Å². The van der Waals surface area contributed by atoms with E-state index in [0.717, 1.165) is 11.1 Å². The average molecular weight is 536 g/mol. The molecule has 0 fully saturated rings. The van der Waals surface area contributed by atoms with Crippen molar-refractivity contribution in [3.63, 3.8) is 0 Å². The molecule has 6 heteroatoms. The van der Waals surface area contributed by atoms with Crippen LogP contribution in [0.25, 0.3) is 0 Å². The Morgan fingerprint density at radius 3 is 2.10 bits per heavy atom. The first-order valence-corrected chi connectivity index (χ1v) is 13.0. The van der Waals surface area contributed by atoms with E-state index in [0.29, 0.717) is 46.7 Å². The van der Waals surface area contributed by atoms with E-state index >= 15 is 0 Å². The fourth-order valence-corrected chi connectivity index (χ4v) is 4.43. The number of aliphatic hydroxyl groups is 2. The SMILES string of the molecule is COc1ccc(C(O)(c2ccc(CO)cc2)c2ccc(OC)c(C#CCCC(=O)NCc3ccccc3)c2)cc1. The van der Waals surface area contributed by atoms with E-state index in [1.54, 1.807) is 56.7 Å². The van der Waals surface area contributed by atoms with Crippen LogP contribution in [0.4, 0.5) is 0 Å². The Morgan fingerprint density at radius 2 is 1.48 bits per heavy atom. The summed E-state index contributed by atoms with van der Waals surface area (Å²) in [6, 6.07) is 29.6. The van der Waals surface area contributed by atoms with Crippen LogP contribution < -0.4 is 14.8 Å². The Hall–Kier alpha value is -4.57. The molecule has 0 radical (unpaired) electrons. The molecule has 0 aliphatic heterocycles. The number of rotatable bonds is 10. The minimum Gasteiger partial charge on any atom is -0.497 e. The van der Waals surface area contributed by atoms with E-state index in [-0.39, 0.29) is 18.9 Å². The summed E-state index contributed by atoms with van der Waals surface area (Å²) in [5.41, 5.74) is 2.75. The second kappa shape index (κ2) is 13.5. The number of methoxy groups -OCH3 is 2. The fourth-order valence-electron chi connectivity index (χ4n) is 4.43. The molecule has 4 rings (SSSR count). The number of carbonyl (C=O) groups excluding carboxylic acids is 1. The van der Waals surface area contributed by atoms with Crippen LogP contribution in [-0.4, -0.2) is 30.3 Å². The lowest BCUT2D eigenvalue weighted by atomic mass is 9.79. The molecule has 0 spiro atoms. The van der Waals surface area contributed by atoms with Crippen LogP contribution in [0, 0.1) is 11.8 Å². The Balaban J connectivity index is 1.60. The molecule has 1 atom stereocenters. The van der Waals surface area contributed by atoms with Gasteiger partial charge in [-0.2, -0.15) is 0 Å². The molecule has 1 amide bonds. The molecule has 6 nitrogen and oxygen atoms in total. The molecular formula is C34H33NO5. The average Bonchev–Trinajstić information content (AvgIpc) is 3.02. The van der Waals surface area contributed by atoms with Gasteiger partial charge in [-0.1, -0.05) is 84.6 Å². The zero-order valence-corrected chi connectivity index (χ0v) is 22.7. The Kier molecular flexibility index (Phi) is 9.58. The maximum absolute atomic E-state index is 12.3. The molecule has 0 saturated carbocycles. The van der Waals surface area contributed by atoms with Gasteiger partial charge in [0.05, 0.1) is 26.4 Å². The van der Waals surface area contributed by atoms with E-state index in [4.69, 9.17) is 9.47 Å². The molecule has 204 valence electrons. The lowest BCUT2D eigenvalue weighted by molar-refractivity contribution is -0.121. The van der Waals surface area contributed by atoms with E-state index in [2.05, 4.69) is 17.2 Å². The largest absolute Gasteiger partial charge is 0.497 e. The van der Waals surface area contributed by atoms with Gasteiger partial charge in [-0.25, -0.2) is 0 Å². The van der Waals surface area contributed by atoms with Crippen molar-refractivity contribution in [1.29, 1.82) is 0 Å². The molecule has 0 aliphatic rings. The Morgan fingerprint density at radius 1 is 0.825 bits per heavy atom. The minimum atomic E-state index is -1.51. The summed E-state index contributed by atoms with van der Waals surface area (Å²) in [4.78, 5) is 12.3. The van der Waals surface area contributed by atoms with Gasteiger partial charge in [0.1, 0.15) is 17.1 Å². The van der Waals surface area contributed by atoms with Gasteiger partial charge in [0.2, 0.25) is 5.91 Å². The molecular weight excluding hydrogens is 502 g/mol. The molecule has 4 aromatic carbocycles. The summed E-state index contributed by atoms with van der Waals surface area (Å²) >= 11 is 0. The molecule has 0 aromatic heterocycles. The monoisotopic (exact) mass is 535 g/mol. The number of amides is 1. The van der Waals surface area contributed by atoms with Gasteiger partial charge in [-0.15, -0.1) is 0 Å². The summed E-state index contributed by atoms with van der Waals surface area (Å²) in [5, 5.41) is 24.7. The summed E-state index contributed by atoms with van der Waals surface area (Å²) in [6.45, 7) is 0.389. The molecule has 0 heterocycles. The first-order valence-electron chi connectivity index (χ1n) is 13.0. The highest BCUT2D eigenvalue weighted by molar-refractivity contribution is 5.76. The van der Waals surface area contributed by atoms with Gasteiger partial charge < -0.3 is 25.0 Å². The van der Waals surface area contributed by atoms with Crippen LogP contribution in [0.3, 0.4) is 0 Å². The second-order valence-corrected chi connectivity index (χ2v) is 9.27. The summed E-state index contributed by atoms with van der Waals surface area (Å²) in [5.74, 6) is 7.38. The summed E-state index contributed by atoms with van der Waals surface area (Å²) < 4.78 is 10.9. The van der Waals surface area contributed by atoms with Gasteiger partial charge >= 0.3 is 0 Å². The van der Waals surface area contributed by atoms with E-state index < -0.39 is 5.60 Å². The van der Waals surface area contributed by atoms with Crippen molar-refractivity contribution < 1.29 is 24.5 Å². The fraction of sp³-hybridized carbons (Fsp3) is 0.206. The molecule has 3 N–H and O–H groups in total. The first-order chi connectivity index (χ1) is 19.5. The third kappa shape index (κ3) is 6.70. The molecule has 1 unspecified atom stereocenters. The standard InChI is InChI=1S/C34H33NO5/c1-39-31-19-16-29(17-20-31)34(38,28-14-12-26(24-36)13-15-28)30-18-21-32(40-2)27(22-30)10-6-7-11-33(37)35-23-25-8-4-3-5-9-25/h3-5,8-9,12-22,36,38H,7,11,23-24H2,1-2H3,(H,35,37). The van der Waals surface area contributed by atoms with Gasteiger partial charge in [-0.3, -0.25) is 4.79 Å². The van der Waals surface area contributed by atoms with Crippen LogP contribution >= 0.6 is 0 Å². The number of carbonyl (C=O) groups is 1. The van der Waals surface area contributed by atoms with Gasteiger partial charge in [0.25, 0.3) is 0 Å². The topological polar surface area (TPSA) is 88.0 Å². The van der Waals surface area contributed by atoms with E-state index in [1.807, 2.05) is 54.6 Å². The number of aliphatic hydroxyl groups excluding tert-OH is 1. The van der Waals surface area contributed by atoms with Crippen molar-refractivity contribution in [3.8, 4) is 23.3 Å². The Bertz CT molecular complexity index is 1420. The maximum atomic E-state index is 12.3. The molecule has 0 aliphatic carbocycles. The number of hydrogen-bond acceptors (Lipinski definition) is 5. The lowest BCUT2D eigenvalue weighted by Gasteiger charge is -2.31. The van der Waals surface area contributed by atoms with E-state index in [9.17, 15) is 15.0 Å². The zero-order valence-electron chi connectivity index (χ0n) is 22.7. The molecule has 4 aromatic rings. The first kappa shape index (κ1) is 28.4. The van der Waals surface area contributed by atoms with Crippen molar-refractivity contribution in [2.75, 3.05) is 14.2 Å². The smallest absolute Gasteiger partial charge is 0.221 e. The van der Waals surface area contributed by atoms with Crippen LogP contribution in [0.1, 0.15) is 46.2 Å². The predicted octanol–water partition coefficient (Wildman–Crippen LogP) is 4.93. The van der Waals surface area contributed by atoms with Crippen LogP contribution in [0.2, 0.25) is 0 Å². The minimum absolute atomic E-state index is 0.0703. The maximum Gasteiger partial charge on any atom is 0.221 e. The highest BCUT2D eigenvalue weighted by Crippen LogP contribution is 2.39. The molecule has 0 saturated heterocycles. The zero-order chi connectivity index (χ0) is 28.4. The third-order valence-electron chi connectivity index (χ3n) is 6.71. The summed E-state index contributed by atoms with van der Waals surface area (Å²) in [6.07, 6.45) is 0.647. The van der Waals surface area contributed by atoms with Crippen molar-refractivity contribution in [1.82, 2.24) is 5.32 Å². The highest BCUT2D eigenvalue weighted by Gasteiger charge is 2.34. The number of nitrogens with one attached hydrogen (secondary N) is 1. The van der Waals surface area contributed by atoms with Gasteiger partial charge in [0.15, 0.2) is 0 Å². The quantitative estimate of drug-likeness (QED) is 0.198. The Labute approximate surface area is 235 Å². The predicted molar refractivity (Wildman–Crippen MR) is 155 cm³/mol. The van der Waals surface area contributed by atoms with Crippen molar-refractivity contribution in [2.45, 2.75) is 31.6 Å². The van der Waals surface area contributed by atoms with Crippen LogP contribution in [0.5, 0.6) is 11.5 Å². The summed E-state index contributed by atoms with van der Waals surface area (Å²) in [7, 11) is 3.16. The van der Waals surface area contributed by atoms with Gasteiger partial charge in [-0.05, 0) is 52.1 Å². The van der Waals surface area contributed by atoms with Gasteiger partial charge in [0, 0.05) is 19.4 Å². The molecule has 40 heavy (non-hydrogen) atoms. The second-order valence-electron chi connectivity index (χ2n) is 9.27. The number of benzene rings is 4. The third-order valence-corrected chi connectivity index (χ3v) is 6.71. The van der Waals surface area contributed by atoms with Crippen LogP contribution in [-0.2, 0) is 23.5 Å². The lowest BCUT2D eigenvalue weighted by Crippen LogP contribution is -2.29. The number of hydrogen-bond donors (Lipinski definition) is 3. The molecule has 0 bridgehead atoms. The van der Waals surface area contributed by atoms with Crippen molar-refractivity contribution in [2.24, 2.45) is 0 Å². The highest BCUT2D eigenvalue weighted by atomic mass is 16.5.